The number of nitriles is 1. The van der Waals surface area contributed by atoms with Crippen LogP contribution in [-0.2, 0) is 6.54 Å². The maximum absolute atomic E-state index is 9.20. The van der Waals surface area contributed by atoms with Crippen LogP contribution >= 0.6 is 15.9 Å². The van der Waals surface area contributed by atoms with Crippen LogP contribution in [-0.4, -0.2) is 7.05 Å². The molecular formula is C16H15BrN2. The van der Waals surface area contributed by atoms with E-state index in [1.165, 1.54) is 11.1 Å². The van der Waals surface area contributed by atoms with E-state index in [-0.39, 0.29) is 0 Å². The van der Waals surface area contributed by atoms with Gasteiger partial charge >= 0.3 is 0 Å². The first-order chi connectivity index (χ1) is 9.10. The Hall–Kier alpha value is -1.79. The first-order valence-electron chi connectivity index (χ1n) is 6.06. The standard InChI is InChI=1S/C16H15BrN2/c1-12-4-3-5-13(8-12)11-19(2)16-7-6-15(17)9-14(16)10-18/h3-9H,11H2,1-2H3. The second-order valence-corrected chi connectivity index (χ2v) is 5.53. The number of rotatable bonds is 3. The largest absolute Gasteiger partial charge is 0.369 e. The number of halogens is 1. The molecule has 2 aromatic rings. The fraction of sp³-hybridized carbons (Fsp3) is 0.188. The van der Waals surface area contributed by atoms with E-state index >= 15 is 0 Å². The van der Waals surface area contributed by atoms with Crippen molar-refractivity contribution in [2.45, 2.75) is 13.5 Å². The summed E-state index contributed by atoms with van der Waals surface area (Å²) in [6, 6.07) is 16.4. The third-order valence-electron chi connectivity index (χ3n) is 2.99. The van der Waals surface area contributed by atoms with Crippen molar-refractivity contribution >= 4 is 21.6 Å². The van der Waals surface area contributed by atoms with Gasteiger partial charge in [0.15, 0.2) is 0 Å². The minimum atomic E-state index is 0.685. The van der Waals surface area contributed by atoms with Crippen LogP contribution in [0.1, 0.15) is 16.7 Å². The first-order valence-corrected chi connectivity index (χ1v) is 6.86. The number of benzene rings is 2. The summed E-state index contributed by atoms with van der Waals surface area (Å²) in [5.41, 5.74) is 4.13. The van der Waals surface area contributed by atoms with Crippen molar-refractivity contribution in [3.63, 3.8) is 0 Å². The lowest BCUT2D eigenvalue weighted by atomic mass is 10.1. The topological polar surface area (TPSA) is 27.0 Å². The van der Waals surface area contributed by atoms with Crippen molar-refractivity contribution in [3.05, 3.63) is 63.6 Å². The molecule has 0 aromatic heterocycles. The zero-order valence-corrected chi connectivity index (χ0v) is 12.6. The molecule has 0 amide bonds. The molecule has 0 fully saturated rings. The van der Waals surface area contributed by atoms with Gasteiger partial charge in [-0.25, -0.2) is 0 Å². The third-order valence-corrected chi connectivity index (χ3v) is 3.49. The van der Waals surface area contributed by atoms with Gasteiger partial charge < -0.3 is 4.90 Å². The summed E-state index contributed by atoms with van der Waals surface area (Å²) in [6.07, 6.45) is 0. The van der Waals surface area contributed by atoms with E-state index in [0.29, 0.717) is 5.56 Å². The van der Waals surface area contributed by atoms with Crippen molar-refractivity contribution in [2.75, 3.05) is 11.9 Å². The second kappa shape index (κ2) is 5.90. The molecule has 0 saturated heterocycles. The molecule has 0 heterocycles. The van der Waals surface area contributed by atoms with E-state index in [0.717, 1.165) is 16.7 Å². The third kappa shape index (κ3) is 3.36. The van der Waals surface area contributed by atoms with Crippen molar-refractivity contribution < 1.29 is 0 Å². The summed E-state index contributed by atoms with van der Waals surface area (Å²) in [5.74, 6) is 0. The Morgan fingerprint density at radius 2 is 2.00 bits per heavy atom. The molecule has 0 aliphatic carbocycles. The summed E-state index contributed by atoms with van der Waals surface area (Å²) >= 11 is 3.39. The summed E-state index contributed by atoms with van der Waals surface area (Å²) < 4.78 is 0.928. The molecule has 0 bridgehead atoms. The SMILES string of the molecule is Cc1cccc(CN(C)c2ccc(Br)cc2C#N)c1. The maximum Gasteiger partial charge on any atom is 0.101 e. The molecule has 0 aliphatic rings. The summed E-state index contributed by atoms with van der Waals surface area (Å²) in [4.78, 5) is 2.10. The smallest absolute Gasteiger partial charge is 0.101 e. The van der Waals surface area contributed by atoms with Crippen LogP contribution in [0.25, 0.3) is 0 Å². The predicted octanol–water partition coefficient (Wildman–Crippen LogP) is 4.27. The van der Waals surface area contributed by atoms with Gasteiger partial charge in [-0.05, 0) is 30.7 Å². The van der Waals surface area contributed by atoms with Gasteiger partial charge in [-0.15, -0.1) is 0 Å². The number of anilines is 1. The molecule has 2 rings (SSSR count). The lowest BCUT2D eigenvalue weighted by Crippen LogP contribution is -2.17. The van der Waals surface area contributed by atoms with E-state index in [1.807, 2.05) is 25.2 Å². The molecular weight excluding hydrogens is 300 g/mol. The molecule has 0 aliphatic heterocycles. The first kappa shape index (κ1) is 13.6. The summed E-state index contributed by atoms with van der Waals surface area (Å²) in [7, 11) is 2.01. The molecule has 19 heavy (non-hydrogen) atoms. The van der Waals surface area contributed by atoms with Gasteiger partial charge in [0.05, 0.1) is 11.3 Å². The predicted molar refractivity (Wildman–Crippen MR) is 82.1 cm³/mol. The molecule has 0 saturated carbocycles. The molecule has 0 atom stereocenters. The summed E-state index contributed by atoms with van der Waals surface area (Å²) in [6.45, 7) is 2.88. The molecule has 96 valence electrons. The van der Waals surface area contributed by atoms with Crippen LogP contribution in [0.4, 0.5) is 5.69 Å². The Morgan fingerprint density at radius 3 is 2.68 bits per heavy atom. The molecule has 3 heteroatoms. The lowest BCUT2D eigenvalue weighted by Gasteiger charge is -2.21. The van der Waals surface area contributed by atoms with Gasteiger partial charge in [-0.1, -0.05) is 45.8 Å². The second-order valence-electron chi connectivity index (χ2n) is 4.62. The Balaban J connectivity index is 2.25. The van der Waals surface area contributed by atoms with Gasteiger partial charge in [0.1, 0.15) is 6.07 Å². The van der Waals surface area contributed by atoms with Crippen molar-refractivity contribution in [1.29, 1.82) is 5.26 Å². The highest BCUT2D eigenvalue weighted by Crippen LogP contribution is 2.24. The zero-order valence-electron chi connectivity index (χ0n) is 11.0. The number of aryl methyl sites for hydroxylation is 1. The van der Waals surface area contributed by atoms with Crippen molar-refractivity contribution in [1.82, 2.24) is 0 Å². The summed E-state index contributed by atoms with van der Waals surface area (Å²) in [5, 5.41) is 9.20. The fourth-order valence-corrected chi connectivity index (χ4v) is 2.46. The Bertz CT molecular complexity index is 629. The van der Waals surface area contributed by atoms with Gasteiger partial charge in [0, 0.05) is 18.1 Å². The van der Waals surface area contributed by atoms with Crippen LogP contribution in [0, 0.1) is 18.3 Å². The molecule has 2 aromatic carbocycles. The lowest BCUT2D eigenvalue weighted by molar-refractivity contribution is 0.919. The highest BCUT2D eigenvalue weighted by Gasteiger charge is 2.08. The van der Waals surface area contributed by atoms with Gasteiger partial charge in [-0.3, -0.25) is 0 Å². The average Bonchev–Trinajstić information content (AvgIpc) is 2.38. The quantitative estimate of drug-likeness (QED) is 0.846. The molecule has 0 unspecified atom stereocenters. The van der Waals surface area contributed by atoms with E-state index < -0.39 is 0 Å². The average molecular weight is 315 g/mol. The highest BCUT2D eigenvalue weighted by atomic mass is 79.9. The Morgan fingerprint density at radius 1 is 1.21 bits per heavy atom. The number of hydrogen-bond donors (Lipinski definition) is 0. The number of hydrogen-bond acceptors (Lipinski definition) is 2. The van der Waals surface area contributed by atoms with E-state index in [4.69, 9.17) is 0 Å². The van der Waals surface area contributed by atoms with Gasteiger partial charge in [0.2, 0.25) is 0 Å². The molecule has 2 nitrogen and oxygen atoms in total. The van der Waals surface area contributed by atoms with Crippen molar-refractivity contribution in [2.24, 2.45) is 0 Å². The van der Waals surface area contributed by atoms with Crippen molar-refractivity contribution in [3.8, 4) is 6.07 Å². The van der Waals surface area contributed by atoms with Gasteiger partial charge in [0.25, 0.3) is 0 Å². The minimum absolute atomic E-state index is 0.685. The number of nitrogens with zero attached hydrogens (tertiary/aromatic N) is 2. The van der Waals surface area contributed by atoms with Crippen LogP contribution < -0.4 is 4.90 Å². The van der Waals surface area contributed by atoms with Crippen LogP contribution in [0.2, 0.25) is 0 Å². The Kier molecular flexibility index (Phi) is 4.24. The molecule has 0 N–H and O–H groups in total. The van der Waals surface area contributed by atoms with Crippen LogP contribution in [0.15, 0.2) is 46.9 Å². The fourth-order valence-electron chi connectivity index (χ4n) is 2.10. The maximum atomic E-state index is 9.20. The van der Waals surface area contributed by atoms with E-state index in [9.17, 15) is 5.26 Å². The van der Waals surface area contributed by atoms with E-state index in [1.54, 1.807) is 0 Å². The van der Waals surface area contributed by atoms with E-state index in [2.05, 4.69) is 58.1 Å². The Labute approximate surface area is 122 Å². The van der Waals surface area contributed by atoms with Crippen LogP contribution in [0.5, 0.6) is 0 Å². The highest BCUT2D eigenvalue weighted by molar-refractivity contribution is 9.10. The molecule has 0 spiro atoms. The van der Waals surface area contributed by atoms with Gasteiger partial charge in [-0.2, -0.15) is 5.26 Å². The minimum Gasteiger partial charge on any atom is -0.369 e. The van der Waals surface area contributed by atoms with Crippen LogP contribution in [0.3, 0.4) is 0 Å². The zero-order chi connectivity index (χ0) is 13.8. The normalized spacial score (nSPS) is 10.0. The monoisotopic (exact) mass is 314 g/mol. The molecule has 0 radical (unpaired) electrons.